The maximum absolute atomic E-state index is 6.00. The Hall–Kier alpha value is 0.0969. The molecule has 1 aliphatic carbocycles. The molecule has 0 aromatic rings. The lowest BCUT2D eigenvalue weighted by atomic mass is 9.68. The number of hydrogen-bond acceptors (Lipinski definition) is 3. The van der Waals surface area contributed by atoms with Crippen LogP contribution in [0.1, 0.15) is 47.0 Å². The second-order valence-electron chi connectivity index (χ2n) is 6.71. The van der Waals surface area contributed by atoms with Crippen LogP contribution in [-0.4, -0.2) is 34.0 Å². The number of ether oxygens (including phenoxy) is 1. The van der Waals surface area contributed by atoms with Gasteiger partial charge < -0.3 is 13.6 Å². The minimum absolute atomic E-state index is 0.403. The van der Waals surface area contributed by atoms with Crippen LogP contribution in [-0.2, 0) is 13.6 Å². The Bertz CT molecular complexity index is 304. The second kappa shape index (κ2) is 5.84. The van der Waals surface area contributed by atoms with E-state index in [4.69, 9.17) is 13.6 Å². The van der Waals surface area contributed by atoms with Crippen LogP contribution < -0.4 is 0 Å². The summed E-state index contributed by atoms with van der Waals surface area (Å²) in [5.74, 6) is 0.646. The van der Waals surface area contributed by atoms with Crippen LogP contribution in [0.3, 0.4) is 0 Å². The van der Waals surface area contributed by atoms with E-state index in [9.17, 15) is 0 Å². The highest BCUT2D eigenvalue weighted by Crippen LogP contribution is 2.51. The molecule has 19 heavy (non-hydrogen) atoms. The summed E-state index contributed by atoms with van der Waals surface area (Å²) in [5, 5.41) is 0. The molecule has 4 unspecified atom stereocenters. The minimum Gasteiger partial charge on any atom is -0.395 e. The lowest BCUT2D eigenvalue weighted by Crippen LogP contribution is -2.44. The van der Waals surface area contributed by atoms with Gasteiger partial charge in [0.1, 0.15) is 0 Å². The van der Waals surface area contributed by atoms with Crippen LogP contribution in [0.5, 0.6) is 0 Å². The van der Waals surface area contributed by atoms with E-state index >= 15 is 0 Å². The van der Waals surface area contributed by atoms with Gasteiger partial charge in [0.15, 0.2) is 0 Å². The fraction of sp³-hybridized carbons (Fsp3) is 1.00. The first kappa shape index (κ1) is 15.5. The Morgan fingerprint density at radius 3 is 2.42 bits per heavy atom. The van der Waals surface area contributed by atoms with E-state index < -0.39 is 8.56 Å². The normalized spacial score (nSPS) is 35.8. The third kappa shape index (κ3) is 3.60. The van der Waals surface area contributed by atoms with E-state index in [1.807, 2.05) is 0 Å². The van der Waals surface area contributed by atoms with Crippen molar-refractivity contribution in [3.8, 4) is 0 Å². The van der Waals surface area contributed by atoms with Gasteiger partial charge in [-0.3, -0.25) is 0 Å². The molecule has 1 saturated carbocycles. The SMILES string of the molecule is CCO[Si](C)(CC(C)C1(C)CCC2OC2C1)OCC. The molecule has 1 aliphatic heterocycles. The average Bonchev–Trinajstić information content (AvgIpc) is 3.07. The molecular formula is C15H30O3Si. The van der Waals surface area contributed by atoms with Crippen molar-refractivity contribution in [1.82, 2.24) is 0 Å². The van der Waals surface area contributed by atoms with E-state index in [1.165, 1.54) is 19.3 Å². The quantitative estimate of drug-likeness (QED) is 0.528. The Morgan fingerprint density at radius 1 is 1.26 bits per heavy atom. The van der Waals surface area contributed by atoms with Gasteiger partial charge in [0.05, 0.1) is 12.2 Å². The van der Waals surface area contributed by atoms with Gasteiger partial charge in [0.25, 0.3) is 0 Å². The van der Waals surface area contributed by atoms with Crippen LogP contribution in [0.4, 0.5) is 0 Å². The topological polar surface area (TPSA) is 31.0 Å². The molecule has 0 amide bonds. The molecule has 0 aromatic carbocycles. The first-order valence-electron chi connectivity index (χ1n) is 7.86. The summed E-state index contributed by atoms with van der Waals surface area (Å²) in [6.07, 6.45) is 4.89. The van der Waals surface area contributed by atoms with E-state index in [1.54, 1.807) is 0 Å². The lowest BCUT2D eigenvalue weighted by molar-refractivity contribution is 0.129. The zero-order chi connectivity index (χ0) is 14.1. The van der Waals surface area contributed by atoms with E-state index in [-0.39, 0.29) is 0 Å². The maximum atomic E-state index is 6.00. The summed E-state index contributed by atoms with van der Waals surface area (Å²) in [7, 11) is -1.99. The molecule has 0 aromatic heterocycles. The molecule has 1 heterocycles. The molecule has 2 aliphatic rings. The van der Waals surface area contributed by atoms with Gasteiger partial charge in [0.2, 0.25) is 0 Å². The van der Waals surface area contributed by atoms with Gasteiger partial charge in [-0.05, 0) is 57.0 Å². The monoisotopic (exact) mass is 286 g/mol. The van der Waals surface area contributed by atoms with Crippen molar-refractivity contribution in [2.24, 2.45) is 11.3 Å². The van der Waals surface area contributed by atoms with Crippen molar-refractivity contribution < 1.29 is 13.6 Å². The number of fused-ring (bicyclic) bond motifs is 1. The predicted octanol–water partition coefficient (Wildman–Crippen LogP) is 3.73. The molecule has 112 valence electrons. The number of rotatable bonds is 7. The Labute approximate surface area is 119 Å². The van der Waals surface area contributed by atoms with Crippen LogP contribution >= 0.6 is 0 Å². The van der Waals surface area contributed by atoms with Gasteiger partial charge >= 0.3 is 8.56 Å². The average molecular weight is 286 g/mol. The fourth-order valence-electron chi connectivity index (χ4n) is 3.67. The molecule has 1 saturated heterocycles. The summed E-state index contributed by atoms with van der Waals surface area (Å²) in [6, 6.07) is 1.10. The Morgan fingerprint density at radius 2 is 1.89 bits per heavy atom. The van der Waals surface area contributed by atoms with Gasteiger partial charge in [-0.25, -0.2) is 0 Å². The standard InChI is InChI=1S/C15H30O3Si/c1-6-16-19(5,17-7-2)11-12(3)15(4)9-8-13-14(10-15)18-13/h12-14H,6-11H2,1-5H3. The van der Waals surface area contributed by atoms with Crippen molar-refractivity contribution >= 4 is 8.56 Å². The highest BCUT2D eigenvalue weighted by atomic mass is 28.4. The van der Waals surface area contributed by atoms with Gasteiger partial charge in [-0.1, -0.05) is 13.8 Å². The number of hydrogen-bond donors (Lipinski definition) is 0. The highest BCUT2D eigenvalue weighted by Gasteiger charge is 2.51. The largest absolute Gasteiger partial charge is 0.395 e. The van der Waals surface area contributed by atoms with E-state index in [0.717, 1.165) is 19.3 Å². The zero-order valence-electron chi connectivity index (χ0n) is 13.2. The fourth-order valence-corrected chi connectivity index (χ4v) is 6.81. The molecule has 2 rings (SSSR count). The van der Waals surface area contributed by atoms with Gasteiger partial charge in [-0.2, -0.15) is 0 Å². The van der Waals surface area contributed by atoms with Crippen LogP contribution in [0, 0.1) is 11.3 Å². The molecule has 0 bridgehead atoms. The van der Waals surface area contributed by atoms with Crippen molar-refractivity contribution in [2.75, 3.05) is 13.2 Å². The first-order chi connectivity index (χ1) is 8.92. The van der Waals surface area contributed by atoms with E-state index in [0.29, 0.717) is 23.5 Å². The zero-order valence-corrected chi connectivity index (χ0v) is 14.2. The molecule has 0 radical (unpaired) electrons. The Balaban J connectivity index is 1.95. The van der Waals surface area contributed by atoms with Gasteiger partial charge in [0, 0.05) is 13.2 Å². The summed E-state index contributed by atoms with van der Waals surface area (Å²) in [6.45, 7) is 12.7. The molecule has 2 fully saturated rings. The molecule has 4 atom stereocenters. The lowest BCUT2D eigenvalue weighted by Gasteiger charge is -2.40. The van der Waals surface area contributed by atoms with Crippen molar-refractivity contribution in [3.05, 3.63) is 0 Å². The minimum atomic E-state index is -1.99. The van der Waals surface area contributed by atoms with Gasteiger partial charge in [-0.15, -0.1) is 0 Å². The van der Waals surface area contributed by atoms with Crippen LogP contribution in [0.25, 0.3) is 0 Å². The molecule has 4 heteroatoms. The third-order valence-corrected chi connectivity index (χ3v) is 8.27. The molecular weight excluding hydrogens is 256 g/mol. The summed E-state index contributed by atoms with van der Waals surface area (Å²) >= 11 is 0. The summed E-state index contributed by atoms with van der Waals surface area (Å²) < 4.78 is 17.7. The maximum Gasteiger partial charge on any atom is 0.335 e. The molecule has 3 nitrogen and oxygen atoms in total. The van der Waals surface area contributed by atoms with E-state index in [2.05, 4.69) is 34.2 Å². The van der Waals surface area contributed by atoms with Crippen LogP contribution in [0.15, 0.2) is 0 Å². The summed E-state index contributed by atoms with van der Waals surface area (Å²) in [4.78, 5) is 0. The van der Waals surface area contributed by atoms with Crippen LogP contribution in [0.2, 0.25) is 12.6 Å². The molecule has 0 spiro atoms. The smallest absolute Gasteiger partial charge is 0.335 e. The Kier molecular flexibility index (Phi) is 4.76. The molecule has 0 N–H and O–H groups in total. The highest BCUT2D eigenvalue weighted by molar-refractivity contribution is 6.66. The van der Waals surface area contributed by atoms with Crippen molar-refractivity contribution in [1.29, 1.82) is 0 Å². The second-order valence-corrected chi connectivity index (χ2v) is 9.97. The third-order valence-electron chi connectivity index (χ3n) is 5.12. The van der Waals surface area contributed by atoms with Crippen molar-refractivity contribution in [2.45, 2.75) is 71.8 Å². The first-order valence-corrected chi connectivity index (χ1v) is 10.4. The summed E-state index contributed by atoms with van der Waals surface area (Å²) in [5.41, 5.74) is 0.403. The number of epoxide rings is 1. The predicted molar refractivity (Wildman–Crippen MR) is 79.5 cm³/mol. The van der Waals surface area contributed by atoms with Crippen molar-refractivity contribution in [3.63, 3.8) is 0 Å².